The summed E-state index contributed by atoms with van der Waals surface area (Å²) in [6.45, 7) is 0.731. The maximum atomic E-state index is 5.92. The van der Waals surface area contributed by atoms with Gasteiger partial charge in [0.25, 0.3) is 0 Å². The minimum atomic E-state index is 0.385. The lowest BCUT2D eigenvalue weighted by Crippen LogP contribution is -1.99. The van der Waals surface area contributed by atoms with E-state index in [0.29, 0.717) is 11.0 Å². The molecule has 0 radical (unpaired) electrons. The highest BCUT2D eigenvalue weighted by Crippen LogP contribution is 2.23. The van der Waals surface area contributed by atoms with Crippen molar-refractivity contribution in [2.75, 3.05) is 5.73 Å². The smallest absolute Gasteiger partial charge is 0.132 e. The zero-order chi connectivity index (χ0) is 13.9. The molecule has 2 N–H and O–H groups in total. The Kier molecular flexibility index (Phi) is 3.39. The Morgan fingerprint density at radius 2 is 1.90 bits per heavy atom. The van der Waals surface area contributed by atoms with Gasteiger partial charge < -0.3 is 5.73 Å². The van der Waals surface area contributed by atoms with E-state index in [2.05, 4.69) is 22.2 Å². The van der Waals surface area contributed by atoms with Gasteiger partial charge in [0, 0.05) is 11.8 Å². The van der Waals surface area contributed by atoms with Crippen molar-refractivity contribution in [3.63, 3.8) is 0 Å². The molecule has 0 atom stereocenters. The molecule has 0 aliphatic carbocycles. The SMILES string of the molecule is Nc1cc(-c2cnn(Cc3ccccc3)c2)cc(Cl)n1. The number of halogens is 1. The number of nitrogen functional groups attached to an aromatic ring is 1. The zero-order valence-electron chi connectivity index (χ0n) is 10.7. The van der Waals surface area contributed by atoms with Crippen LogP contribution < -0.4 is 5.73 Å². The van der Waals surface area contributed by atoms with Crippen LogP contribution in [0, 0.1) is 0 Å². The van der Waals surface area contributed by atoms with Crippen LogP contribution >= 0.6 is 11.6 Å². The number of hydrogen-bond donors (Lipinski definition) is 1. The van der Waals surface area contributed by atoms with Gasteiger partial charge in [-0.3, -0.25) is 4.68 Å². The van der Waals surface area contributed by atoms with E-state index >= 15 is 0 Å². The van der Waals surface area contributed by atoms with Crippen molar-refractivity contribution in [2.24, 2.45) is 0 Å². The highest BCUT2D eigenvalue weighted by atomic mass is 35.5. The number of benzene rings is 1. The van der Waals surface area contributed by atoms with Gasteiger partial charge in [0.15, 0.2) is 0 Å². The summed E-state index contributed by atoms with van der Waals surface area (Å²) >= 11 is 5.92. The van der Waals surface area contributed by atoms with Crippen molar-refractivity contribution in [1.29, 1.82) is 0 Å². The van der Waals surface area contributed by atoms with Gasteiger partial charge in [-0.25, -0.2) is 4.98 Å². The predicted octanol–water partition coefficient (Wildman–Crippen LogP) is 3.23. The predicted molar refractivity (Wildman–Crippen MR) is 80.4 cm³/mol. The third kappa shape index (κ3) is 2.81. The molecule has 5 heteroatoms. The molecule has 2 heterocycles. The molecule has 0 saturated carbocycles. The van der Waals surface area contributed by atoms with E-state index in [0.717, 1.165) is 17.7 Å². The van der Waals surface area contributed by atoms with Gasteiger partial charge in [-0.15, -0.1) is 0 Å². The number of nitrogens with zero attached hydrogens (tertiary/aromatic N) is 3. The monoisotopic (exact) mass is 284 g/mol. The van der Waals surface area contributed by atoms with Gasteiger partial charge in [0.2, 0.25) is 0 Å². The Morgan fingerprint density at radius 1 is 1.10 bits per heavy atom. The molecule has 0 spiro atoms. The van der Waals surface area contributed by atoms with Crippen LogP contribution in [0.25, 0.3) is 11.1 Å². The second-order valence-electron chi connectivity index (χ2n) is 4.52. The van der Waals surface area contributed by atoms with Crippen LogP contribution in [0.4, 0.5) is 5.82 Å². The summed E-state index contributed by atoms with van der Waals surface area (Å²) in [7, 11) is 0. The molecule has 0 saturated heterocycles. The Labute approximate surface area is 121 Å². The molecule has 4 nitrogen and oxygen atoms in total. The van der Waals surface area contributed by atoms with E-state index in [9.17, 15) is 0 Å². The molecule has 0 amide bonds. The fourth-order valence-electron chi connectivity index (χ4n) is 2.05. The van der Waals surface area contributed by atoms with Crippen molar-refractivity contribution in [1.82, 2.24) is 14.8 Å². The highest BCUT2D eigenvalue weighted by Gasteiger charge is 2.05. The summed E-state index contributed by atoms with van der Waals surface area (Å²) in [5.74, 6) is 0.406. The fraction of sp³-hybridized carbons (Fsp3) is 0.0667. The van der Waals surface area contributed by atoms with Gasteiger partial charge in [-0.05, 0) is 23.3 Å². The summed E-state index contributed by atoms with van der Waals surface area (Å²) in [4.78, 5) is 3.95. The first-order valence-electron chi connectivity index (χ1n) is 6.20. The Morgan fingerprint density at radius 3 is 2.65 bits per heavy atom. The van der Waals surface area contributed by atoms with Crippen molar-refractivity contribution < 1.29 is 0 Å². The lowest BCUT2D eigenvalue weighted by molar-refractivity contribution is 0.687. The van der Waals surface area contributed by atoms with Crippen LogP contribution in [-0.4, -0.2) is 14.8 Å². The number of hydrogen-bond acceptors (Lipinski definition) is 3. The number of nitrogens with two attached hydrogens (primary N) is 1. The van der Waals surface area contributed by atoms with Crippen molar-refractivity contribution in [2.45, 2.75) is 6.54 Å². The molecule has 0 bridgehead atoms. The molecule has 0 aliphatic heterocycles. The topological polar surface area (TPSA) is 56.7 Å². The quantitative estimate of drug-likeness (QED) is 0.751. The molecule has 1 aromatic carbocycles. The summed E-state index contributed by atoms with van der Waals surface area (Å²) in [6.07, 6.45) is 3.77. The minimum absolute atomic E-state index is 0.385. The third-order valence-electron chi connectivity index (χ3n) is 2.97. The Bertz CT molecular complexity index is 701. The number of rotatable bonds is 3. The van der Waals surface area contributed by atoms with Crippen molar-refractivity contribution in [3.8, 4) is 11.1 Å². The second kappa shape index (κ2) is 5.35. The molecule has 0 fully saturated rings. The first kappa shape index (κ1) is 12.7. The van der Waals surface area contributed by atoms with Crippen molar-refractivity contribution >= 4 is 17.4 Å². The second-order valence-corrected chi connectivity index (χ2v) is 4.90. The zero-order valence-corrected chi connectivity index (χ0v) is 11.5. The maximum absolute atomic E-state index is 5.92. The van der Waals surface area contributed by atoms with Crippen molar-refractivity contribution in [3.05, 3.63) is 65.6 Å². The molecular weight excluding hydrogens is 272 g/mol. The summed E-state index contributed by atoms with van der Waals surface area (Å²) in [6, 6.07) is 13.7. The molecule has 100 valence electrons. The molecule has 0 aliphatic rings. The van der Waals surface area contributed by atoms with E-state index in [4.69, 9.17) is 17.3 Å². The van der Waals surface area contributed by atoms with Crippen LogP contribution in [0.2, 0.25) is 5.15 Å². The van der Waals surface area contributed by atoms with E-state index in [1.54, 1.807) is 18.3 Å². The van der Waals surface area contributed by atoms with Gasteiger partial charge in [0.1, 0.15) is 11.0 Å². The van der Waals surface area contributed by atoms with E-state index in [-0.39, 0.29) is 0 Å². The Hall–Kier alpha value is -2.33. The molecule has 20 heavy (non-hydrogen) atoms. The standard InChI is InChI=1S/C15H13ClN4/c16-14-6-12(7-15(17)19-14)13-8-18-20(10-13)9-11-4-2-1-3-5-11/h1-8,10H,9H2,(H2,17,19). The average Bonchev–Trinajstić information content (AvgIpc) is 2.87. The van der Waals surface area contributed by atoms with Crippen LogP contribution in [0.3, 0.4) is 0 Å². The summed E-state index contributed by atoms with van der Waals surface area (Å²) in [5, 5.41) is 4.74. The van der Waals surface area contributed by atoms with Crippen LogP contribution in [-0.2, 0) is 6.54 Å². The molecule has 2 aromatic heterocycles. The van der Waals surface area contributed by atoms with E-state index < -0.39 is 0 Å². The number of pyridine rings is 1. The summed E-state index contributed by atoms with van der Waals surface area (Å²) < 4.78 is 1.88. The van der Waals surface area contributed by atoms with Gasteiger partial charge in [0.05, 0.1) is 12.7 Å². The average molecular weight is 285 g/mol. The maximum Gasteiger partial charge on any atom is 0.132 e. The highest BCUT2D eigenvalue weighted by molar-refractivity contribution is 6.29. The van der Waals surface area contributed by atoms with Gasteiger partial charge in [-0.1, -0.05) is 41.9 Å². The van der Waals surface area contributed by atoms with E-state index in [1.165, 1.54) is 5.56 Å². The Balaban J connectivity index is 1.86. The minimum Gasteiger partial charge on any atom is -0.384 e. The lowest BCUT2D eigenvalue weighted by atomic mass is 10.1. The van der Waals surface area contributed by atoms with Gasteiger partial charge >= 0.3 is 0 Å². The molecule has 3 aromatic rings. The van der Waals surface area contributed by atoms with Crippen LogP contribution in [0.15, 0.2) is 54.9 Å². The molecule has 3 rings (SSSR count). The molecule has 0 unspecified atom stereocenters. The number of aromatic nitrogens is 3. The summed E-state index contributed by atoms with van der Waals surface area (Å²) in [5.41, 5.74) is 8.80. The fourth-order valence-corrected chi connectivity index (χ4v) is 2.27. The first-order valence-corrected chi connectivity index (χ1v) is 6.58. The van der Waals surface area contributed by atoms with Crippen LogP contribution in [0.1, 0.15) is 5.56 Å². The third-order valence-corrected chi connectivity index (χ3v) is 3.16. The first-order chi connectivity index (χ1) is 9.70. The van der Waals surface area contributed by atoms with Gasteiger partial charge in [-0.2, -0.15) is 5.10 Å². The van der Waals surface area contributed by atoms with E-state index in [1.807, 2.05) is 29.1 Å². The lowest BCUT2D eigenvalue weighted by Gasteiger charge is -2.02. The normalized spacial score (nSPS) is 10.7. The van der Waals surface area contributed by atoms with Crippen LogP contribution in [0.5, 0.6) is 0 Å². The largest absolute Gasteiger partial charge is 0.384 e. The molecular formula is C15H13ClN4. The number of anilines is 1.